The first-order valence-corrected chi connectivity index (χ1v) is 5.95. The number of carbonyl (C=O) groups is 2. The Labute approximate surface area is 107 Å². The van der Waals surface area contributed by atoms with Gasteiger partial charge in [0, 0.05) is 5.56 Å². The fourth-order valence-electron chi connectivity index (χ4n) is 1.36. The summed E-state index contributed by atoms with van der Waals surface area (Å²) in [4.78, 5) is 22.4. The number of benzene rings is 1. The van der Waals surface area contributed by atoms with Crippen LogP contribution < -0.4 is 4.74 Å². The van der Waals surface area contributed by atoms with Crippen molar-refractivity contribution in [3.63, 3.8) is 0 Å². The summed E-state index contributed by atoms with van der Waals surface area (Å²) in [5.74, 6) is 0.0767. The molecule has 0 aliphatic heterocycles. The number of hydrogen-bond acceptors (Lipinski definition) is 4. The highest BCUT2D eigenvalue weighted by Crippen LogP contribution is 2.14. The second-order valence-corrected chi connectivity index (χ2v) is 4.04. The molecule has 0 aliphatic carbocycles. The molecular weight excluding hydrogens is 232 g/mol. The monoisotopic (exact) mass is 250 g/mol. The molecule has 0 aliphatic rings. The molecule has 0 saturated heterocycles. The molecule has 0 spiro atoms. The van der Waals surface area contributed by atoms with E-state index in [4.69, 9.17) is 9.47 Å². The molecular formula is C14H18O4. The maximum absolute atomic E-state index is 11.4. The van der Waals surface area contributed by atoms with Gasteiger partial charge in [0.25, 0.3) is 0 Å². The molecule has 1 atom stereocenters. The first-order valence-electron chi connectivity index (χ1n) is 5.95. The average Bonchev–Trinajstić information content (AvgIpc) is 2.36. The highest BCUT2D eigenvalue weighted by molar-refractivity contribution is 5.94. The topological polar surface area (TPSA) is 52.6 Å². The molecule has 4 nitrogen and oxygen atoms in total. The summed E-state index contributed by atoms with van der Waals surface area (Å²) in [7, 11) is 0. The summed E-state index contributed by atoms with van der Waals surface area (Å²) < 4.78 is 10.3. The molecule has 0 N–H and O–H groups in total. The predicted molar refractivity (Wildman–Crippen MR) is 67.7 cm³/mol. The number of carbonyl (C=O) groups excluding carboxylic acids is 2. The Bertz CT molecular complexity index is 408. The van der Waals surface area contributed by atoms with Crippen LogP contribution in [0.4, 0.5) is 0 Å². The smallest absolute Gasteiger partial charge is 0.312 e. The van der Waals surface area contributed by atoms with Crippen LogP contribution in [0.3, 0.4) is 0 Å². The maximum atomic E-state index is 11.4. The second kappa shape index (κ2) is 6.79. The van der Waals surface area contributed by atoms with Crippen LogP contribution in [0.1, 0.15) is 31.1 Å². The van der Waals surface area contributed by atoms with E-state index in [2.05, 4.69) is 0 Å². The van der Waals surface area contributed by atoms with Crippen molar-refractivity contribution in [1.29, 1.82) is 0 Å². The maximum Gasteiger partial charge on any atom is 0.312 e. The van der Waals surface area contributed by atoms with Gasteiger partial charge in [-0.25, -0.2) is 0 Å². The lowest BCUT2D eigenvalue weighted by molar-refractivity contribution is -0.148. The van der Waals surface area contributed by atoms with E-state index in [0.717, 1.165) is 0 Å². The Balaban J connectivity index is 2.48. The number of esters is 1. The van der Waals surface area contributed by atoms with Crippen molar-refractivity contribution < 1.29 is 19.1 Å². The molecule has 0 amide bonds. The molecule has 4 heteroatoms. The third-order valence-corrected chi connectivity index (χ3v) is 2.45. The van der Waals surface area contributed by atoms with Crippen LogP contribution >= 0.6 is 0 Å². The fourth-order valence-corrected chi connectivity index (χ4v) is 1.36. The van der Waals surface area contributed by atoms with Gasteiger partial charge in [-0.15, -0.1) is 0 Å². The summed E-state index contributed by atoms with van der Waals surface area (Å²) in [6.07, 6.45) is 0. The van der Waals surface area contributed by atoms with E-state index in [1.165, 1.54) is 6.92 Å². The van der Waals surface area contributed by atoms with Crippen LogP contribution in [0.5, 0.6) is 5.75 Å². The summed E-state index contributed by atoms with van der Waals surface area (Å²) in [5, 5.41) is 0. The largest absolute Gasteiger partial charge is 0.493 e. The van der Waals surface area contributed by atoms with Gasteiger partial charge in [-0.05, 0) is 45.0 Å². The van der Waals surface area contributed by atoms with Crippen LogP contribution in [0, 0.1) is 5.92 Å². The van der Waals surface area contributed by atoms with Crippen LogP contribution in [0.25, 0.3) is 0 Å². The van der Waals surface area contributed by atoms with Crippen molar-refractivity contribution >= 4 is 11.8 Å². The van der Waals surface area contributed by atoms with E-state index in [1.54, 1.807) is 38.1 Å². The highest BCUT2D eigenvalue weighted by Gasteiger charge is 2.14. The van der Waals surface area contributed by atoms with Gasteiger partial charge in [0.2, 0.25) is 0 Å². The normalized spacial score (nSPS) is 11.7. The molecule has 18 heavy (non-hydrogen) atoms. The molecule has 0 aromatic heterocycles. The van der Waals surface area contributed by atoms with Crippen molar-refractivity contribution in [1.82, 2.24) is 0 Å². The Hall–Kier alpha value is -1.84. The number of Topliss-reactive ketones (excluding diaryl/α,β-unsaturated/α-hetero) is 1. The van der Waals surface area contributed by atoms with Gasteiger partial charge in [0.15, 0.2) is 5.78 Å². The molecule has 1 rings (SSSR count). The van der Waals surface area contributed by atoms with E-state index in [9.17, 15) is 9.59 Å². The summed E-state index contributed by atoms with van der Waals surface area (Å²) >= 11 is 0. The van der Waals surface area contributed by atoms with Gasteiger partial charge >= 0.3 is 5.97 Å². The van der Waals surface area contributed by atoms with Gasteiger partial charge in [-0.3, -0.25) is 9.59 Å². The molecule has 0 bridgehead atoms. The van der Waals surface area contributed by atoms with Crippen LogP contribution in [0.15, 0.2) is 24.3 Å². The Morgan fingerprint density at radius 3 is 2.33 bits per heavy atom. The minimum atomic E-state index is -0.308. The Kier molecular flexibility index (Phi) is 5.36. The molecule has 98 valence electrons. The predicted octanol–water partition coefficient (Wildman–Crippen LogP) is 2.47. The van der Waals surface area contributed by atoms with Crippen LogP contribution in [-0.4, -0.2) is 25.0 Å². The number of ether oxygens (including phenoxy) is 2. The van der Waals surface area contributed by atoms with Crippen molar-refractivity contribution in [3.8, 4) is 5.75 Å². The fraction of sp³-hybridized carbons (Fsp3) is 0.429. The summed E-state index contributed by atoms with van der Waals surface area (Å²) in [6.45, 7) is 5.67. The molecule has 1 aromatic carbocycles. The molecule has 0 radical (unpaired) electrons. The zero-order valence-corrected chi connectivity index (χ0v) is 10.9. The molecule has 0 fully saturated rings. The average molecular weight is 250 g/mol. The minimum Gasteiger partial charge on any atom is -0.493 e. The van der Waals surface area contributed by atoms with E-state index in [-0.39, 0.29) is 24.3 Å². The van der Waals surface area contributed by atoms with Gasteiger partial charge in [-0.2, -0.15) is 0 Å². The standard InChI is InChI=1S/C14H18O4/c1-4-17-14(16)10(2)9-18-13-7-5-12(6-8-13)11(3)15/h5-8,10H,4,9H2,1-3H3. The zero-order valence-electron chi connectivity index (χ0n) is 10.9. The van der Waals surface area contributed by atoms with Crippen LogP contribution in [0.2, 0.25) is 0 Å². The Morgan fingerprint density at radius 2 is 1.83 bits per heavy atom. The lowest BCUT2D eigenvalue weighted by Gasteiger charge is -2.12. The van der Waals surface area contributed by atoms with Gasteiger partial charge in [-0.1, -0.05) is 0 Å². The molecule has 1 unspecified atom stereocenters. The van der Waals surface area contributed by atoms with Gasteiger partial charge in [0.1, 0.15) is 12.4 Å². The van der Waals surface area contributed by atoms with E-state index in [0.29, 0.717) is 17.9 Å². The molecule has 0 heterocycles. The summed E-state index contributed by atoms with van der Waals surface area (Å²) in [6, 6.07) is 6.84. The van der Waals surface area contributed by atoms with Crippen molar-refractivity contribution in [2.24, 2.45) is 5.92 Å². The molecule has 0 saturated carbocycles. The lowest BCUT2D eigenvalue weighted by atomic mass is 10.1. The van der Waals surface area contributed by atoms with E-state index >= 15 is 0 Å². The number of ketones is 1. The van der Waals surface area contributed by atoms with Gasteiger partial charge < -0.3 is 9.47 Å². The van der Waals surface area contributed by atoms with Crippen LogP contribution in [-0.2, 0) is 9.53 Å². The Morgan fingerprint density at radius 1 is 1.22 bits per heavy atom. The van der Waals surface area contributed by atoms with Crippen molar-refractivity contribution in [3.05, 3.63) is 29.8 Å². The van der Waals surface area contributed by atoms with Crippen molar-refractivity contribution in [2.45, 2.75) is 20.8 Å². The van der Waals surface area contributed by atoms with Gasteiger partial charge in [0.05, 0.1) is 12.5 Å². The number of hydrogen-bond donors (Lipinski definition) is 0. The molecule has 1 aromatic rings. The third kappa shape index (κ3) is 4.20. The third-order valence-electron chi connectivity index (χ3n) is 2.45. The van der Waals surface area contributed by atoms with E-state index < -0.39 is 0 Å². The SMILES string of the molecule is CCOC(=O)C(C)COc1ccc(C(C)=O)cc1. The first kappa shape index (κ1) is 14.2. The zero-order chi connectivity index (χ0) is 13.5. The minimum absolute atomic E-state index is 0.0152. The second-order valence-electron chi connectivity index (χ2n) is 4.04. The van der Waals surface area contributed by atoms with E-state index in [1.807, 2.05) is 0 Å². The first-order chi connectivity index (χ1) is 8.54. The highest BCUT2D eigenvalue weighted by atomic mass is 16.5. The number of rotatable bonds is 6. The summed E-state index contributed by atoms with van der Waals surface area (Å²) in [5.41, 5.74) is 0.640. The lowest BCUT2D eigenvalue weighted by Crippen LogP contribution is -2.21. The quantitative estimate of drug-likeness (QED) is 0.575. The van der Waals surface area contributed by atoms with Crippen molar-refractivity contribution in [2.75, 3.05) is 13.2 Å².